The molecule has 0 aromatic heterocycles. The van der Waals surface area contributed by atoms with Crippen molar-refractivity contribution in [2.75, 3.05) is 26.2 Å². The lowest BCUT2D eigenvalue weighted by atomic mass is 9.84. The number of nitrogens with one attached hydrogen (secondary N) is 9. The molecule has 2 unspecified atom stereocenters. The van der Waals surface area contributed by atoms with Crippen molar-refractivity contribution in [1.29, 1.82) is 0 Å². The Morgan fingerprint density at radius 3 is 1.30 bits per heavy atom. The molecule has 4 rings (SSSR count). The summed E-state index contributed by atoms with van der Waals surface area (Å²) in [5, 5.41) is 32.6. The highest BCUT2D eigenvalue weighted by Gasteiger charge is 2.41. The third-order valence-corrected chi connectivity index (χ3v) is 14.1. The van der Waals surface area contributed by atoms with Gasteiger partial charge in [0.05, 0.1) is 11.1 Å². The predicted molar refractivity (Wildman–Crippen MR) is 312 cm³/mol. The Kier molecular flexibility index (Phi) is 30.6. The van der Waals surface area contributed by atoms with Crippen molar-refractivity contribution in [2.45, 2.75) is 155 Å². The van der Waals surface area contributed by atoms with E-state index in [4.69, 9.17) is 10.8 Å². The first-order chi connectivity index (χ1) is 39.2. The molecule has 2 saturated heterocycles. The molecule has 83 heavy (non-hydrogen) atoms. The van der Waals surface area contributed by atoms with E-state index in [1.165, 1.54) is 0 Å². The molecule has 0 spiro atoms. The summed E-state index contributed by atoms with van der Waals surface area (Å²) < 4.78 is 0. The maximum absolute atomic E-state index is 13.7. The van der Waals surface area contributed by atoms with Gasteiger partial charge in [-0.2, -0.15) is 0 Å². The second-order valence-electron chi connectivity index (χ2n) is 21.4. The molecule has 2 heterocycles. The summed E-state index contributed by atoms with van der Waals surface area (Å²) in [6.07, 6.45) is 3.93. The van der Waals surface area contributed by atoms with E-state index in [9.17, 15) is 57.5 Å². The highest BCUT2D eigenvalue weighted by Crippen LogP contribution is 2.25. The van der Waals surface area contributed by atoms with E-state index < -0.39 is 94.4 Å². The molecular weight excluding hydrogens is 1070 g/mol. The van der Waals surface area contributed by atoms with Gasteiger partial charge in [0, 0.05) is 62.2 Å². The second-order valence-corrected chi connectivity index (χ2v) is 21.4. The van der Waals surface area contributed by atoms with E-state index in [0.29, 0.717) is 43.4 Å². The molecular formula is C60H88N10O13. The highest BCUT2D eigenvalue weighted by atomic mass is 16.4. The van der Waals surface area contributed by atoms with Gasteiger partial charge in [-0.05, 0) is 89.0 Å². The quantitative estimate of drug-likeness (QED) is 0.0802. The summed E-state index contributed by atoms with van der Waals surface area (Å²) in [4.78, 5) is 153. The fourth-order valence-electron chi connectivity index (χ4n) is 8.66. The van der Waals surface area contributed by atoms with Gasteiger partial charge in [0.1, 0.15) is 24.2 Å². The van der Waals surface area contributed by atoms with Gasteiger partial charge in [-0.3, -0.25) is 52.7 Å². The molecule has 0 saturated carbocycles. The molecule has 0 radical (unpaired) electrons. The Bertz CT molecular complexity index is 2580. The van der Waals surface area contributed by atoms with Crippen LogP contribution in [0.3, 0.4) is 0 Å². The number of carboxylic acid groups (broad SMARTS) is 1. The fraction of sp³-hybridized carbons (Fsp3) is 0.533. The Morgan fingerprint density at radius 2 is 0.976 bits per heavy atom. The van der Waals surface area contributed by atoms with Crippen LogP contribution in [-0.4, -0.2) is 125 Å². The van der Waals surface area contributed by atoms with Crippen molar-refractivity contribution in [1.82, 2.24) is 47.9 Å². The van der Waals surface area contributed by atoms with E-state index in [-0.39, 0.29) is 93.4 Å². The largest absolute Gasteiger partial charge is 0.478 e. The number of Topliss-reactive ketones (excluding diaryl/α,β-unsaturated/α-hetero) is 2. The third-order valence-electron chi connectivity index (χ3n) is 14.1. The second kappa shape index (κ2) is 35.7. The number of nitrogens with two attached hydrogens (primary N) is 1. The molecule has 0 bridgehead atoms. The van der Waals surface area contributed by atoms with Gasteiger partial charge in [0.15, 0.2) is 11.6 Å². The number of benzene rings is 2. The van der Waals surface area contributed by atoms with Crippen LogP contribution in [0.2, 0.25) is 0 Å². The molecule has 2 aromatic carbocycles. The number of rotatable bonds is 17. The van der Waals surface area contributed by atoms with Gasteiger partial charge in [0.25, 0.3) is 0 Å². The minimum Gasteiger partial charge on any atom is -0.478 e. The molecule has 23 nitrogen and oxygen atoms in total. The Balaban J connectivity index is 0.000000526. The van der Waals surface area contributed by atoms with Crippen LogP contribution in [0.15, 0.2) is 86.0 Å². The zero-order valence-electron chi connectivity index (χ0n) is 49.3. The molecule has 8 atom stereocenters. The standard InChI is InChI=1S/C30H43N5O6.C27H41N5O5.C3H4O2/c1-6-22-28(40)34-25(20-12-9-8-10-13-20)29(41)32-17-15-30(5,35-26(38)19(3)4)23(36)18-21(27(39)33-22)14-11-16-31-24(37)7-2;1-5-20-25(36)31-22(18-10-7-6-8-11-18)26(37)29-15-13-27(4,32-23(34)17(2)3)21(33)16-19(12-9-14-28)24(35)30-20;1-2-3(4)5/h7-10,12-13,19,21-22,25H,2,6,11,14-18H2,1,3-5H3,(H,31,37)(H,32,41)(H,33,39)(H,34,40)(H,35,38);6-8,10-11,17,19-20,22H,5,9,12-16,28H2,1-4H3,(H,29,37)(H,30,35)(H,31,36)(H,32,34);2H,1H2,(H,4,5)/t21?,22-,25+,30+;19?,20-,22+,27+;/m00./s1. The Labute approximate surface area is 487 Å². The third kappa shape index (κ3) is 23.7. The molecule has 2 aliphatic heterocycles. The van der Waals surface area contributed by atoms with Crippen molar-refractivity contribution < 1.29 is 62.6 Å². The molecule has 23 heteroatoms. The molecule has 0 aliphatic carbocycles. The predicted octanol–water partition coefficient (Wildman–Crippen LogP) is 2.81. The van der Waals surface area contributed by atoms with Crippen LogP contribution >= 0.6 is 0 Å². The fourth-order valence-corrected chi connectivity index (χ4v) is 8.66. The number of carbonyl (C=O) groups excluding carboxylic acids is 11. The van der Waals surface area contributed by atoms with Crippen molar-refractivity contribution in [3.05, 3.63) is 97.1 Å². The van der Waals surface area contributed by atoms with Crippen LogP contribution in [0, 0.1) is 23.7 Å². The topological polar surface area (TPSA) is 359 Å². The minimum absolute atomic E-state index is 0.0420. The maximum atomic E-state index is 13.7. The van der Waals surface area contributed by atoms with Crippen molar-refractivity contribution in [3.63, 3.8) is 0 Å². The van der Waals surface area contributed by atoms with Crippen LogP contribution in [0.5, 0.6) is 0 Å². The zero-order chi connectivity index (χ0) is 62.5. The van der Waals surface area contributed by atoms with Crippen LogP contribution in [0.4, 0.5) is 0 Å². The van der Waals surface area contributed by atoms with E-state index >= 15 is 0 Å². The SMILES string of the molecule is C=CC(=O)NCCCC1CC(=O)[C@](C)(NC(=O)C(C)C)CCNC(=O)[C@@H](c2ccccc2)NC(=O)[C@H](CC)NC1=O.C=CC(=O)O.CC[C@@H]1NC(=O)C(CCCN)CC(=O)[C@](C)(NC(=O)C(C)C)CCNC(=O)[C@@H](c2ccccc2)NC1=O. The molecule has 2 fully saturated rings. The minimum atomic E-state index is -1.36. The first-order valence-corrected chi connectivity index (χ1v) is 28.2. The van der Waals surface area contributed by atoms with Crippen LogP contribution in [0.25, 0.3) is 0 Å². The summed E-state index contributed by atoms with van der Waals surface area (Å²) in [7, 11) is 0. The summed E-state index contributed by atoms with van der Waals surface area (Å²) >= 11 is 0. The number of aliphatic carboxylic acids is 1. The number of hydrogen-bond acceptors (Lipinski definition) is 13. The summed E-state index contributed by atoms with van der Waals surface area (Å²) in [5.74, 6) is -7.80. The van der Waals surface area contributed by atoms with Gasteiger partial charge in [-0.25, -0.2) is 4.79 Å². The van der Waals surface area contributed by atoms with Gasteiger partial charge in [0.2, 0.25) is 53.2 Å². The summed E-state index contributed by atoms with van der Waals surface area (Å²) in [6, 6.07) is 13.6. The van der Waals surface area contributed by atoms with Crippen molar-refractivity contribution in [3.8, 4) is 0 Å². The zero-order valence-corrected chi connectivity index (χ0v) is 49.3. The van der Waals surface area contributed by atoms with E-state index in [1.807, 2.05) is 0 Å². The molecule has 2 aromatic rings. The van der Waals surface area contributed by atoms with Crippen molar-refractivity contribution >= 4 is 70.7 Å². The lowest BCUT2D eigenvalue weighted by Crippen LogP contribution is -2.57. The van der Waals surface area contributed by atoms with Crippen LogP contribution in [-0.2, 0) is 57.5 Å². The maximum Gasteiger partial charge on any atom is 0.327 e. The van der Waals surface area contributed by atoms with E-state index in [2.05, 4.69) is 61.0 Å². The van der Waals surface area contributed by atoms with E-state index in [1.54, 1.807) is 116 Å². The highest BCUT2D eigenvalue weighted by molar-refractivity contribution is 5.99. The van der Waals surface area contributed by atoms with Crippen molar-refractivity contribution in [2.24, 2.45) is 29.4 Å². The van der Waals surface area contributed by atoms with E-state index in [0.717, 1.165) is 12.2 Å². The molecule has 2 aliphatic rings. The lowest BCUT2D eigenvalue weighted by Gasteiger charge is -2.33. The van der Waals surface area contributed by atoms with Crippen LogP contribution < -0.4 is 53.6 Å². The molecule has 456 valence electrons. The van der Waals surface area contributed by atoms with Gasteiger partial charge < -0.3 is 58.7 Å². The molecule has 12 N–H and O–H groups in total. The lowest BCUT2D eigenvalue weighted by molar-refractivity contribution is -0.137. The number of carbonyl (C=O) groups is 12. The number of ketones is 2. The van der Waals surface area contributed by atoms with Gasteiger partial charge in [-0.1, -0.05) is 115 Å². The average Bonchev–Trinajstić information content (AvgIpc) is 3.58. The van der Waals surface area contributed by atoms with Crippen LogP contribution in [0.1, 0.15) is 143 Å². The first-order valence-electron chi connectivity index (χ1n) is 28.2. The number of amides is 9. The van der Waals surface area contributed by atoms with Gasteiger partial charge in [-0.15, -0.1) is 0 Å². The normalized spacial score (nSPS) is 24.0. The smallest absolute Gasteiger partial charge is 0.327 e. The number of carboxylic acids is 1. The molecule has 9 amide bonds. The Morgan fingerprint density at radius 1 is 0.602 bits per heavy atom. The monoisotopic (exact) mass is 1160 g/mol. The average molecular weight is 1160 g/mol. The summed E-state index contributed by atoms with van der Waals surface area (Å²) in [5.41, 5.74) is 4.15. The number of hydrogen-bond donors (Lipinski definition) is 11. The van der Waals surface area contributed by atoms with Gasteiger partial charge >= 0.3 is 5.97 Å². The first kappa shape index (κ1) is 71.0. The Hall–Kier alpha value is -8.08. The summed E-state index contributed by atoms with van der Waals surface area (Å²) in [6.45, 7) is 20.7.